The van der Waals surface area contributed by atoms with Crippen LogP contribution in [0.3, 0.4) is 0 Å². The van der Waals surface area contributed by atoms with Crippen molar-refractivity contribution in [3.05, 3.63) is 23.8 Å². The van der Waals surface area contributed by atoms with Crippen LogP contribution in [-0.2, 0) is 0 Å². The molecular weight excluding hydrogens is 280 g/mol. The Bertz CT molecular complexity index is 350. The lowest BCUT2D eigenvalue weighted by Gasteiger charge is -2.08. The molecule has 0 bridgehead atoms. The molecule has 0 aromatic heterocycles. The molecule has 1 unspecified atom stereocenters. The van der Waals surface area contributed by atoms with Crippen LogP contribution in [0, 0.1) is 0 Å². The van der Waals surface area contributed by atoms with E-state index in [1.165, 1.54) is 0 Å². The lowest BCUT2D eigenvalue weighted by molar-refractivity contribution is 0.0993. The van der Waals surface area contributed by atoms with Gasteiger partial charge in [-0.1, -0.05) is 15.9 Å². The van der Waals surface area contributed by atoms with Gasteiger partial charge in [0.05, 0.1) is 4.83 Å². The minimum atomic E-state index is -0.150. The van der Waals surface area contributed by atoms with Crippen LogP contribution in [0.15, 0.2) is 28.0 Å². The molecule has 4 heteroatoms. The molecule has 0 heterocycles. The Morgan fingerprint density at radius 3 is 2.71 bits per heavy atom. The highest BCUT2D eigenvalue weighted by atomic mass is 79.9. The zero-order valence-electron chi connectivity index (χ0n) is 7.95. The standard InChI is InChI=1S/C10H11BrOS2/c1-6(11)10(12)8-5-7(13)3-4-9(8)14-2/h3-6,13H,1-2H3. The third-order valence-electron chi connectivity index (χ3n) is 1.81. The fraction of sp³-hybridized carbons (Fsp3) is 0.300. The van der Waals surface area contributed by atoms with Gasteiger partial charge >= 0.3 is 0 Å². The van der Waals surface area contributed by atoms with Crippen LogP contribution in [0.2, 0.25) is 0 Å². The smallest absolute Gasteiger partial charge is 0.177 e. The van der Waals surface area contributed by atoms with E-state index in [1.807, 2.05) is 31.4 Å². The number of hydrogen-bond acceptors (Lipinski definition) is 3. The average molecular weight is 291 g/mol. The number of rotatable bonds is 3. The maximum atomic E-state index is 11.8. The molecule has 0 spiro atoms. The van der Waals surface area contributed by atoms with E-state index in [2.05, 4.69) is 28.6 Å². The lowest BCUT2D eigenvalue weighted by atomic mass is 10.1. The summed E-state index contributed by atoms with van der Waals surface area (Å²) in [6, 6.07) is 5.63. The van der Waals surface area contributed by atoms with Gasteiger partial charge < -0.3 is 0 Å². The highest BCUT2D eigenvalue weighted by Gasteiger charge is 2.15. The number of ketones is 1. The van der Waals surface area contributed by atoms with Crippen LogP contribution < -0.4 is 0 Å². The van der Waals surface area contributed by atoms with E-state index < -0.39 is 0 Å². The maximum absolute atomic E-state index is 11.8. The minimum Gasteiger partial charge on any atom is -0.293 e. The number of carbonyl (C=O) groups is 1. The number of alkyl halides is 1. The summed E-state index contributed by atoms with van der Waals surface area (Å²) in [6.07, 6.45) is 1.96. The number of hydrogen-bond donors (Lipinski definition) is 1. The normalized spacial score (nSPS) is 12.6. The molecule has 14 heavy (non-hydrogen) atoms. The fourth-order valence-corrected chi connectivity index (χ4v) is 2.14. The number of carbonyl (C=O) groups excluding carboxylic acids is 1. The monoisotopic (exact) mass is 290 g/mol. The van der Waals surface area contributed by atoms with Crippen molar-refractivity contribution in [2.24, 2.45) is 0 Å². The van der Waals surface area contributed by atoms with Crippen molar-refractivity contribution >= 4 is 46.1 Å². The van der Waals surface area contributed by atoms with E-state index in [0.717, 1.165) is 15.4 Å². The summed E-state index contributed by atoms with van der Waals surface area (Å²) in [4.78, 5) is 13.5. The lowest BCUT2D eigenvalue weighted by Crippen LogP contribution is -2.11. The van der Waals surface area contributed by atoms with E-state index >= 15 is 0 Å². The summed E-state index contributed by atoms with van der Waals surface area (Å²) in [5, 5.41) is 0. The van der Waals surface area contributed by atoms with Crippen LogP contribution in [-0.4, -0.2) is 16.9 Å². The molecule has 1 rings (SSSR count). The van der Waals surface area contributed by atoms with Gasteiger partial charge in [0.1, 0.15) is 0 Å². The van der Waals surface area contributed by atoms with Crippen molar-refractivity contribution in [1.29, 1.82) is 0 Å². The molecule has 0 fully saturated rings. The first kappa shape index (κ1) is 12.1. The molecule has 1 nitrogen and oxygen atoms in total. The quantitative estimate of drug-likeness (QED) is 0.396. The van der Waals surface area contributed by atoms with E-state index in [1.54, 1.807) is 11.8 Å². The molecule has 0 aliphatic rings. The number of halogens is 1. The Labute approximate surface area is 102 Å². The molecule has 1 atom stereocenters. The average Bonchev–Trinajstić information content (AvgIpc) is 2.16. The molecule has 0 aliphatic carbocycles. The number of benzene rings is 1. The SMILES string of the molecule is CSc1ccc(S)cc1C(=O)C(C)Br. The molecule has 1 aromatic rings. The first-order chi connectivity index (χ1) is 6.56. The Balaban J connectivity index is 3.17. The van der Waals surface area contributed by atoms with Gasteiger partial charge in [-0.2, -0.15) is 0 Å². The van der Waals surface area contributed by atoms with Crippen LogP contribution in [0.4, 0.5) is 0 Å². The Morgan fingerprint density at radius 1 is 1.57 bits per heavy atom. The zero-order chi connectivity index (χ0) is 10.7. The second-order valence-corrected chi connectivity index (χ2v) is 5.60. The van der Waals surface area contributed by atoms with E-state index in [0.29, 0.717) is 0 Å². The Hall–Kier alpha value is 0.0700. The predicted octanol–water partition coefficient (Wildman–Crippen LogP) is 3.66. The van der Waals surface area contributed by atoms with Crippen molar-refractivity contribution in [1.82, 2.24) is 0 Å². The second kappa shape index (κ2) is 5.24. The summed E-state index contributed by atoms with van der Waals surface area (Å²) in [7, 11) is 0. The highest BCUT2D eigenvalue weighted by molar-refractivity contribution is 9.10. The largest absolute Gasteiger partial charge is 0.293 e. The van der Waals surface area contributed by atoms with E-state index in [-0.39, 0.29) is 10.6 Å². The Morgan fingerprint density at radius 2 is 2.21 bits per heavy atom. The molecule has 0 aliphatic heterocycles. The van der Waals surface area contributed by atoms with Gasteiger partial charge in [0, 0.05) is 15.4 Å². The zero-order valence-corrected chi connectivity index (χ0v) is 11.2. The van der Waals surface area contributed by atoms with Crippen molar-refractivity contribution < 1.29 is 4.79 Å². The third-order valence-corrected chi connectivity index (χ3v) is 3.30. The van der Waals surface area contributed by atoms with Crippen LogP contribution in [0.25, 0.3) is 0 Å². The van der Waals surface area contributed by atoms with Crippen LogP contribution >= 0.6 is 40.3 Å². The maximum Gasteiger partial charge on any atom is 0.177 e. The van der Waals surface area contributed by atoms with Crippen molar-refractivity contribution in [3.8, 4) is 0 Å². The number of thiol groups is 1. The molecule has 0 amide bonds. The summed E-state index contributed by atoms with van der Waals surface area (Å²) in [5.41, 5.74) is 0.745. The van der Waals surface area contributed by atoms with Gasteiger partial charge in [-0.15, -0.1) is 24.4 Å². The second-order valence-electron chi connectivity index (χ2n) is 2.86. The van der Waals surface area contributed by atoms with Crippen LogP contribution in [0.1, 0.15) is 17.3 Å². The summed E-state index contributed by atoms with van der Waals surface area (Å²) in [5.74, 6) is 0.102. The summed E-state index contributed by atoms with van der Waals surface area (Å²) >= 11 is 9.08. The van der Waals surface area contributed by atoms with Gasteiger partial charge in [-0.05, 0) is 31.4 Å². The molecule has 0 saturated heterocycles. The van der Waals surface area contributed by atoms with E-state index in [4.69, 9.17) is 0 Å². The van der Waals surface area contributed by atoms with Gasteiger partial charge in [0.25, 0.3) is 0 Å². The molecule has 1 aromatic carbocycles. The number of Topliss-reactive ketones (excluding diaryl/α,β-unsaturated/α-hetero) is 1. The Kier molecular flexibility index (Phi) is 4.54. The molecule has 76 valence electrons. The number of thioether (sulfide) groups is 1. The first-order valence-corrected chi connectivity index (χ1v) is 6.70. The van der Waals surface area contributed by atoms with Crippen molar-refractivity contribution in [2.45, 2.75) is 21.5 Å². The van der Waals surface area contributed by atoms with Gasteiger partial charge in [0.15, 0.2) is 5.78 Å². The van der Waals surface area contributed by atoms with Gasteiger partial charge in [-0.25, -0.2) is 0 Å². The third kappa shape index (κ3) is 2.78. The van der Waals surface area contributed by atoms with E-state index in [9.17, 15) is 4.79 Å². The fourth-order valence-electron chi connectivity index (χ4n) is 1.10. The van der Waals surface area contributed by atoms with Gasteiger partial charge in [0.2, 0.25) is 0 Å². The first-order valence-electron chi connectivity index (χ1n) is 4.11. The van der Waals surface area contributed by atoms with Crippen molar-refractivity contribution in [2.75, 3.05) is 6.26 Å². The molecule has 0 N–H and O–H groups in total. The topological polar surface area (TPSA) is 17.1 Å². The predicted molar refractivity (Wildman–Crippen MR) is 68.2 cm³/mol. The van der Waals surface area contributed by atoms with Gasteiger partial charge in [-0.3, -0.25) is 4.79 Å². The summed E-state index contributed by atoms with van der Waals surface area (Å²) in [6.45, 7) is 1.83. The molecular formula is C10H11BrOS2. The molecule has 0 radical (unpaired) electrons. The van der Waals surface area contributed by atoms with Crippen molar-refractivity contribution in [3.63, 3.8) is 0 Å². The molecule has 0 saturated carbocycles. The summed E-state index contributed by atoms with van der Waals surface area (Å²) < 4.78 is 0. The minimum absolute atomic E-state index is 0.102. The highest BCUT2D eigenvalue weighted by Crippen LogP contribution is 2.25. The van der Waals surface area contributed by atoms with Crippen LogP contribution in [0.5, 0.6) is 0 Å².